The van der Waals surface area contributed by atoms with E-state index < -0.39 is 0 Å². The lowest BCUT2D eigenvalue weighted by Gasteiger charge is -2.15. The molecule has 0 aliphatic heterocycles. The van der Waals surface area contributed by atoms with Crippen molar-refractivity contribution in [3.8, 4) is 0 Å². The zero-order valence-corrected chi connectivity index (χ0v) is 13.4. The largest absolute Gasteiger partial charge is 0.305 e. The van der Waals surface area contributed by atoms with Gasteiger partial charge in [-0.1, -0.05) is 29.3 Å². The first-order chi connectivity index (χ1) is 8.54. The van der Waals surface area contributed by atoms with E-state index in [1.165, 1.54) is 25.4 Å². The second-order valence-electron chi connectivity index (χ2n) is 4.73. The van der Waals surface area contributed by atoms with Crippen LogP contribution in [0.25, 0.3) is 0 Å². The third-order valence-electron chi connectivity index (χ3n) is 2.96. The van der Waals surface area contributed by atoms with Crippen molar-refractivity contribution >= 4 is 27.3 Å². The molecule has 18 heavy (non-hydrogen) atoms. The number of halogens is 1. The summed E-state index contributed by atoms with van der Waals surface area (Å²) >= 11 is 5.28. The van der Waals surface area contributed by atoms with Crippen LogP contribution in [0.5, 0.6) is 0 Å². The molecular formula is C15H18BrNS. The fraction of sp³-hybridized carbons (Fsp3) is 0.333. The number of thiophene rings is 1. The third kappa shape index (κ3) is 3.67. The Bertz CT molecular complexity index is 513. The highest BCUT2D eigenvalue weighted by Crippen LogP contribution is 2.23. The summed E-state index contributed by atoms with van der Waals surface area (Å²) < 4.78 is 1.19. The van der Waals surface area contributed by atoms with Crippen LogP contribution in [0.4, 0.5) is 0 Å². The van der Waals surface area contributed by atoms with E-state index in [9.17, 15) is 0 Å². The number of aryl methyl sites for hydroxylation is 2. The molecule has 3 heteroatoms. The van der Waals surface area contributed by atoms with Gasteiger partial charge in [-0.15, -0.1) is 11.3 Å². The molecule has 1 nitrogen and oxygen atoms in total. The Hall–Kier alpha value is -0.640. The van der Waals surface area contributed by atoms with Gasteiger partial charge in [0.15, 0.2) is 0 Å². The first-order valence-corrected chi connectivity index (χ1v) is 7.71. The molecule has 96 valence electrons. The van der Waals surface area contributed by atoms with Crippen LogP contribution in [0.2, 0.25) is 0 Å². The Morgan fingerprint density at radius 3 is 2.39 bits per heavy atom. The summed E-state index contributed by atoms with van der Waals surface area (Å²) in [6.07, 6.45) is 0. The van der Waals surface area contributed by atoms with Crippen molar-refractivity contribution in [3.05, 3.63) is 55.7 Å². The van der Waals surface area contributed by atoms with Crippen LogP contribution in [0.15, 0.2) is 34.1 Å². The Morgan fingerprint density at radius 2 is 1.83 bits per heavy atom. The fourth-order valence-corrected chi connectivity index (χ4v) is 3.51. The molecule has 1 N–H and O–H groups in total. The zero-order valence-electron chi connectivity index (χ0n) is 11.0. The molecule has 0 bridgehead atoms. The lowest BCUT2D eigenvalue weighted by Crippen LogP contribution is -2.17. The molecule has 1 atom stereocenters. The van der Waals surface area contributed by atoms with Gasteiger partial charge >= 0.3 is 0 Å². The molecule has 0 spiro atoms. The molecule has 0 saturated carbocycles. The highest BCUT2D eigenvalue weighted by Gasteiger charge is 2.06. The van der Waals surface area contributed by atoms with Crippen LogP contribution in [0.1, 0.15) is 34.5 Å². The summed E-state index contributed by atoms with van der Waals surface area (Å²) in [5, 5.41) is 3.57. The maximum Gasteiger partial charge on any atom is 0.0701 e. The molecule has 0 fully saturated rings. The standard InChI is InChI=1S/C15H18BrNS/c1-10-6-11(2)8-13(7-10)12(3)17-9-14-4-5-15(16)18-14/h4-8,12,17H,9H2,1-3H3. The Balaban J connectivity index is 2.01. The molecule has 1 aromatic heterocycles. The molecule has 0 radical (unpaired) electrons. The van der Waals surface area contributed by atoms with Gasteiger partial charge in [0, 0.05) is 17.5 Å². The summed E-state index contributed by atoms with van der Waals surface area (Å²) in [7, 11) is 0. The van der Waals surface area contributed by atoms with Crippen LogP contribution in [0.3, 0.4) is 0 Å². The highest BCUT2D eigenvalue weighted by molar-refractivity contribution is 9.11. The summed E-state index contributed by atoms with van der Waals surface area (Å²) in [4.78, 5) is 1.36. The molecule has 0 aliphatic rings. The van der Waals surface area contributed by atoms with Crippen molar-refractivity contribution in [1.29, 1.82) is 0 Å². The average Bonchev–Trinajstić information content (AvgIpc) is 2.70. The van der Waals surface area contributed by atoms with Crippen molar-refractivity contribution in [1.82, 2.24) is 5.32 Å². The van der Waals surface area contributed by atoms with Gasteiger partial charge in [0.05, 0.1) is 3.79 Å². The van der Waals surface area contributed by atoms with E-state index in [2.05, 4.69) is 72.3 Å². The monoisotopic (exact) mass is 323 g/mol. The van der Waals surface area contributed by atoms with Gasteiger partial charge in [0.2, 0.25) is 0 Å². The van der Waals surface area contributed by atoms with E-state index in [0.717, 1.165) is 6.54 Å². The van der Waals surface area contributed by atoms with Crippen molar-refractivity contribution in [2.75, 3.05) is 0 Å². The first-order valence-electron chi connectivity index (χ1n) is 6.10. The number of hydrogen-bond donors (Lipinski definition) is 1. The van der Waals surface area contributed by atoms with E-state index in [1.54, 1.807) is 11.3 Å². The van der Waals surface area contributed by atoms with E-state index in [1.807, 2.05) is 0 Å². The van der Waals surface area contributed by atoms with E-state index in [0.29, 0.717) is 6.04 Å². The quantitative estimate of drug-likeness (QED) is 0.836. The molecular weight excluding hydrogens is 306 g/mol. The molecule has 1 aromatic carbocycles. The second-order valence-corrected chi connectivity index (χ2v) is 7.28. The van der Waals surface area contributed by atoms with Gasteiger partial charge in [-0.2, -0.15) is 0 Å². The number of rotatable bonds is 4. The minimum Gasteiger partial charge on any atom is -0.305 e. The van der Waals surface area contributed by atoms with E-state index in [-0.39, 0.29) is 0 Å². The second kappa shape index (κ2) is 6.00. The lowest BCUT2D eigenvalue weighted by molar-refractivity contribution is 0.578. The fourth-order valence-electron chi connectivity index (χ4n) is 2.08. The van der Waals surface area contributed by atoms with Gasteiger partial charge in [0.1, 0.15) is 0 Å². The van der Waals surface area contributed by atoms with Gasteiger partial charge in [-0.05, 0) is 54.4 Å². The predicted octanol–water partition coefficient (Wildman–Crippen LogP) is 4.98. The van der Waals surface area contributed by atoms with Crippen molar-refractivity contribution in [3.63, 3.8) is 0 Å². The molecule has 0 saturated heterocycles. The summed E-state index contributed by atoms with van der Waals surface area (Å²) in [6, 6.07) is 11.4. The summed E-state index contributed by atoms with van der Waals surface area (Å²) in [6.45, 7) is 7.44. The zero-order chi connectivity index (χ0) is 13.1. The maximum absolute atomic E-state index is 3.57. The molecule has 1 unspecified atom stereocenters. The Kier molecular flexibility index (Phi) is 4.60. The topological polar surface area (TPSA) is 12.0 Å². The number of hydrogen-bond acceptors (Lipinski definition) is 2. The Labute approximate surface area is 121 Å². The SMILES string of the molecule is Cc1cc(C)cc(C(C)NCc2ccc(Br)s2)c1. The van der Waals surface area contributed by atoms with Gasteiger partial charge in [-0.25, -0.2) is 0 Å². The molecule has 0 aliphatic carbocycles. The molecule has 0 amide bonds. The minimum absolute atomic E-state index is 0.379. The molecule has 2 rings (SSSR count). The van der Waals surface area contributed by atoms with Gasteiger partial charge in [0.25, 0.3) is 0 Å². The first kappa shape index (κ1) is 13.8. The highest BCUT2D eigenvalue weighted by atomic mass is 79.9. The van der Waals surface area contributed by atoms with E-state index in [4.69, 9.17) is 0 Å². The van der Waals surface area contributed by atoms with Crippen molar-refractivity contribution < 1.29 is 0 Å². The predicted molar refractivity (Wildman–Crippen MR) is 83.2 cm³/mol. The normalized spacial score (nSPS) is 12.7. The Morgan fingerprint density at radius 1 is 1.17 bits per heavy atom. The van der Waals surface area contributed by atoms with Crippen molar-refractivity contribution in [2.24, 2.45) is 0 Å². The summed E-state index contributed by atoms with van der Waals surface area (Å²) in [5.41, 5.74) is 4.03. The van der Waals surface area contributed by atoms with Crippen LogP contribution >= 0.6 is 27.3 Å². The van der Waals surface area contributed by atoms with Crippen LogP contribution in [-0.4, -0.2) is 0 Å². The minimum atomic E-state index is 0.379. The van der Waals surface area contributed by atoms with Gasteiger partial charge in [-0.3, -0.25) is 0 Å². The smallest absolute Gasteiger partial charge is 0.0701 e. The summed E-state index contributed by atoms with van der Waals surface area (Å²) in [5.74, 6) is 0. The molecule has 1 heterocycles. The number of benzene rings is 1. The third-order valence-corrected chi connectivity index (χ3v) is 4.58. The maximum atomic E-state index is 3.57. The molecule has 2 aromatic rings. The van der Waals surface area contributed by atoms with Crippen LogP contribution < -0.4 is 5.32 Å². The van der Waals surface area contributed by atoms with Crippen LogP contribution in [-0.2, 0) is 6.54 Å². The average molecular weight is 324 g/mol. The number of nitrogens with one attached hydrogen (secondary N) is 1. The van der Waals surface area contributed by atoms with Gasteiger partial charge < -0.3 is 5.32 Å². The van der Waals surface area contributed by atoms with Crippen LogP contribution in [0, 0.1) is 13.8 Å². The van der Waals surface area contributed by atoms with Crippen molar-refractivity contribution in [2.45, 2.75) is 33.4 Å². The van der Waals surface area contributed by atoms with E-state index >= 15 is 0 Å². The lowest BCUT2D eigenvalue weighted by atomic mass is 10.0.